The average Bonchev–Trinajstić information content (AvgIpc) is 2.66. The third-order valence-electron chi connectivity index (χ3n) is 4.05. The van der Waals surface area contributed by atoms with E-state index in [4.69, 9.17) is 0 Å². The molecule has 0 aliphatic heterocycles. The maximum Gasteiger partial charge on any atom is 0.290 e. The lowest BCUT2D eigenvalue weighted by Gasteiger charge is -2.11. The van der Waals surface area contributed by atoms with Crippen LogP contribution in [0.1, 0.15) is 21.6 Å². The third-order valence-corrected chi connectivity index (χ3v) is 4.05. The van der Waals surface area contributed by atoms with Crippen LogP contribution in [-0.2, 0) is 4.79 Å². The number of carbonyl (C=O) groups excluding carboxylic acids is 2. The number of anilines is 1. The summed E-state index contributed by atoms with van der Waals surface area (Å²) in [5.41, 5.74) is 7.27. The lowest BCUT2D eigenvalue weighted by atomic mass is 10.1. The molecule has 27 heavy (non-hydrogen) atoms. The Kier molecular flexibility index (Phi) is 5.16. The van der Waals surface area contributed by atoms with Crippen molar-refractivity contribution in [3.05, 3.63) is 69.6 Å². The Morgan fingerprint density at radius 2 is 1.78 bits per heavy atom. The summed E-state index contributed by atoms with van der Waals surface area (Å²) in [6.07, 6.45) is 0. The second-order valence-corrected chi connectivity index (χ2v) is 6.12. The van der Waals surface area contributed by atoms with Gasteiger partial charge in [-0.2, -0.15) is 5.10 Å². The van der Waals surface area contributed by atoms with Crippen molar-refractivity contribution in [2.24, 2.45) is 0 Å². The molecule has 0 fully saturated rings. The van der Waals surface area contributed by atoms with Gasteiger partial charge in [-0.1, -0.05) is 35.9 Å². The molecule has 2 aromatic carbocycles. The number of hydrogen-bond acceptors (Lipinski definition) is 5. The monoisotopic (exact) mass is 365 g/mol. The van der Waals surface area contributed by atoms with E-state index in [2.05, 4.69) is 26.4 Å². The van der Waals surface area contributed by atoms with E-state index in [1.54, 1.807) is 24.3 Å². The number of nitrogens with one attached hydrogen (secondary N) is 4. The van der Waals surface area contributed by atoms with Crippen LogP contribution < -0.4 is 21.7 Å². The largest absolute Gasteiger partial charge is 0.376 e. The van der Waals surface area contributed by atoms with Crippen LogP contribution in [0.4, 0.5) is 5.69 Å². The number of benzene rings is 2. The number of amides is 2. The molecule has 0 bridgehead atoms. The minimum atomic E-state index is -0.623. The van der Waals surface area contributed by atoms with Gasteiger partial charge in [-0.3, -0.25) is 25.2 Å². The van der Waals surface area contributed by atoms with E-state index >= 15 is 0 Å². The van der Waals surface area contributed by atoms with Crippen LogP contribution in [0.25, 0.3) is 10.8 Å². The molecule has 0 saturated heterocycles. The van der Waals surface area contributed by atoms with E-state index < -0.39 is 11.8 Å². The summed E-state index contributed by atoms with van der Waals surface area (Å²) in [6.45, 7) is 3.93. The molecule has 0 aliphatic rings. The summed E-state index contributed by atoms with van der Waals surface area (Å²) in [6, 6.07) is 12.5. The van der Waals surface area contributed by atoms with Gasteiger partial charge in [0.25, 0.3) is 17.4 Å². The third kappa shape index (κ3) is 4.12. The maximum absolute atomic E-state index is 12.3. The van der Waals surface area contributed by atoms with E-state index in [1.807, 2.05) is 32.0 Å². The van der Waals surface area contributed by atoms with Crippen LogP contribution in [0, 0.1) is 13.8 Å². The second kappa shape index (κ2) is 7.69. The summed E-state index contributed by atoms with van der Waals surface area (Å²) in [5, 5.41) is 9.82. The molecular formula is C19H19N5O3. The summed E-state index contributed by atoms with van der Waals surface area (Å²) < 4.78 is 0. The Bertz CT molecular complexity index is 1070. The number of H-pyrrole nitrogens is 1. The molecule has 0 atom stereocenters. The summed E-state index contributed by atoms with van der Waals surface area (Å²) in [5.74, 6) is -1.04. The van der Waals surface area contributed by atoms with Gasteiger partial charge in [-0.05, 0) is 31.5 Å². The van der Waals surface area contributed by atoms with Crippen LogP contribution in [0.5, 0.6) is 0 Å². The van der Waals surface area contributed by atoms with Crippen molar-refractivity contribution in [2.45, 2.75) is 13.8 Å². The Morgan fingerprint density at radius 1 is 1.04 bits per heavy atom. The zero-order valence-electron chi connectivity index (χ0n) is 14.9. The predicted molar refractivity (Wildman–Crippen MR) is 102 cm³/mol. The first-order chi connectivity index (χ1) is 13.0. The van der Waals surface area contributed by atoms with Gasteiger partial charge in [0.15, 0.2) is 5.69 Å². The van der Waals surface area contributed by atoms with Gasteiger partial charge in [-0.25, -0.2) is 5.10 Å². The van der Waals surface area contributed by atoms with Crippen LogP contribution in [0.15, 0.2) is 47.3 Å². The Balaban J connectivity index is 1.61. The molecule has 8 heteroatoms. The minimum absolute atomic E-state index is 0.00994. The maximum atomic E-state index is 12.3. The molecule has 0 aliphatic carbocycles. The lowest BCUT2D eigenvalue weighted by molar-refractivity contribution is -0.120. The molecule has 0 spiro atoms. The fourth-order valence-corrected chi connectivity index (χ4v) is 2.71. The number of rotatable bonds is 4. The molecule has 3 aromatic rings. The molecule has 0 unspecified atom stereocenters. The van der Waals surface area contributed by atoms with Gasteiger partial charge in [0.05, 0.1) is 11.9 Å². The number of aromatic amines is 1. The summed E-state index contributed by atoms with van der Waals surface area (Å²) >= 11 is 0. The van der Waals surface area contributed by atoms with Crippen LogP contribution in [0.2, 0.25) is 0 Å². The normalized spacial score (nSPS) is 10.4. The van der Waals surface area contributed by atoms with E-state index in [-0.39, 0.29) is 17.8 Å². The highest BCUT2D eigenvalue weighted by atomic mass is 16.2. The molecule has 2 amide bonds. The van der Waals surface area contributed by atoms with Crippen molar-refractivity contribution in [2.75, 3.05) is 11.9 Å². The average molecular weight is 365 g/mol. The van der Waals surface area contributed by atoms with E-state index in [9.17, 15) is 14.4 Å². The molecule has 1 aromatic heterocycles. The van der Waals surface area contributed by atoms with Crippen molar-refractivity contribution in [1.29, 1.82) is 0 Å². The highest BCUT2D eigenvalue weighted by Crippen LogP contribution is 2.15. The first-order valence-corrected chi connectivity index (χ1v) is 8.33. The topological polar surface area (TPSA) is 116 Å². The van der Waals surface area contributed by atoms with Crippen molar-refractivity contribution in [3.63, 3.8) is 0 Å². The number of hydrazine groups is 1. The SMILES string of the molecule is Cc1ccc(NCC(=O)NNC(=O)c2n[nH]c(=O)c3ccccc23)c(C)c1. The quantitative estimate of drug-likeness (QED) is 0.522. The lowest BCUT2D eigenvalue weighted by Crippen LogP contribution is -2.44. The van der Waals surface area contributed by atoms with E-state index in [1.165, 1.54) is 0 Å². The molecular weight excluding hydrogens is 346 g/mol. The van der Waals surface area contributed by atoms with E-state index in [0.29, 0.717) is 10.8 Å². The fraction of sp³-hybridized carbons (Fsp3) is 0.158. The first-order valence-electron chi connectivity index (χ1n) is 8.33. The van der Waals surface area contributed by atoms with Gasteiger partial charge < -0.3 is 5.32 Å². The summed E-state index contributed by atoms with van der Waals surface area (Å²) in [7, 11) is 0. The highest BCUT2D eigenvalue weighted by Gasteiger charge is 2.14. The van der Waals surface area contributed by atoms with Gasteiger partial charge in [-0.15, -0.1) is 0 Å². The highest BCUT2D eigenvalue weighted by molar-refractivity contribution is 6.05. The number of hydrogen-bond donors (Lipinski definition) is 4. The van der Waals surface area contributed by atoms with Crippen molar-refractivity contribution in [3.8, 4) is 0 Å². The predicted octanol–water partition coefficient (Wildman–Crippen LogP) is 1.41. The first kappa shape index (κ1) is 18.1. The smallest absolute Gasteiger partial charge is 0.290 e. The van der Waals surface area contributed by atoms with Crippen molar-refractivity contribution in [1.82, 2.24) is 21.0 Å². The molecule has 8 nitrogen and oxygen atoms in total. The number of carbonyl (C=O) groups is 2. The Hall–Kier alpha value is -3.68. The molecule has 4 N–H and O–H groups in total. The second-order valence-electron chi connectivity index (χ2n) is 6.12. The molecule has 0 saturated carbocycles. The minimum Gasteiger partial charge on any atom is -0.376 e. The van der Waals surface area contributed by atoms with Gasteiger partial charge in [0, 0.05) is 11.1 Å². The number of aromatic nitrogens is 2. The molecule has 0 radical (unpaired) electrons. The number of nitrogens with zero attached hydrogens (tertiary/aromatic N) is 1. The van der Waals surface area contributed by atoms with Crippen molar-refractivity contribution >= 4 is 28.3 Å². The van der Waals surface area contributed by atoms with E-state index in [0.717, 1.165) is 16.8 Å². The van der Waals surface area contributed by atoms with Gasteiger partial charge in [0.2, 0.25) is 0 Å². The van der Waals surface area contributed by atoms with Crippen LogP contribution in [-0.4, -0.2) is 28.6 Å². The Labute approximate surface area is 155 Å². The Morgan fingerprint density at radius 3 is 2.52 bits per heavy atom. The molecule has 1 heterocycles. The van der Waals surface area contributed by atoms with Crippen molar-refractivity contribution < 1.29 is 9.59 Å². The zero-order chi connectivity index (χ0) is 19.4. The standard InChI is InChI=1S/C19H19N5O3/c1-11-7-8-15(12(2)9-11)20-10-16(25)21-24-19(27)17-13-5-3-4-6-14(13)18(26)23-22-17/h3-9,20H,10H2,1-2H3,(H,21,25)(H,23,26)(H,24,27). The zero-order valence-corrected chi connectivity index (χ0v) is 14.9. The summed E-state index contributed by atoms with van der Waals surface area (Å²) in [4.78, 5) is 36.1. The molecule has 138 valence electrons. The number of aryl methyl sites for hydroxylation is 2. The van der Waals surface area contributed by atoms with Crippen LogP contribution >= 0.6 is 0 Å². The van der Waals surface area contributed by atoms with Gasteiger partial charge in [0.1, 0.15) is 0 Å². The van der Waals surface area contributed by atoms with Gasteiger partial charge >= 0.3 is 0 Å². The van der Waals surface area contributed by atoms with Crippen LogP contribution in [0.3, 0.4) is 0 Å². The number of fused-ring (bicyclic) bond motifs is 1. The molecule has 3 rings (SSSR count). The fourth-order valence-electron chi connectivity index (χ4n) is 2.71.